The molecule has 0 amide bonds. The van der Waals surface area contributed by atoms with Gasteiger partial charge in [0.15, 0.2) is 0 Å². The van der Waals surface area contributed by atoms with Gasteiger partial charge in [0.1, 0.15) is 0 Å². The second-order valence-electron chi connectivity index (χ2n) is 5.26. The molecule has 0 aliphatic rings. The molecule has 0 aliphatic heterocycles. The second-order valence-corrected chi connectivity index (χ2v) is 5.26. The van der Waals surface area contributed by atoms with Crippen molar-refractivity contribution < 1.29 is 0 Å². The van der Waals surface area contributed by atoms with E-state index in [1.54, 1.807) is 0 Å². The quantitative estimate of drug-likeness (QED) is 0.841. The molecule has 2 aromatic heterocycles. The highest BCUT2D eigenvalue weighted by atomic mass is 15.3. The van der Waals surface area contributed by atoms with Crippen LogP contribution in [0.4, 0.5) is 0 Å². The summed E-state index contributed by atoms with van der Waals surface area (Å²) >= 11 is 0. The first-order valence-electron chi connectivity index (χ1n) is 7.37. The first-order chi connectivity index (χ1) is 9.63. The Morgan fingerprint density at radius 3 is 2.65 bits per heavy atom. The smallest absolute Gasteiger partial charge is 0.0624 e. The number of hydrogen-bond acceptors (Lipinski definition) is 3. The average Bonchev–Trinajstić information content (AvgIpc) is 3.01. The molecule has 0 radical (unpaired) electrons. The molecule has 1 atom stereocenters. The van der Waals surface area contributed by atoms with Crippen molar-refractivity contribution in [2.24, 2.45) is 14.1 Å². The van der Waals surface area contributed by atoms with E-state index in [0.717, 1.165) is 31.5 Å². The van der Waals surface area contributed by atoms with E-state index in [9.17, 15) is 0 Å². The van der Waals surface area contributed by atoms with Gasteiger partial charge in [-0.1, -0.05) is 13.8 Å². The maximum Gasteiger partial charge on any atom is 0.0624 e. The minimum Gasteiger partial charge on any atom is -0.310 e. The number of nitrogens with zero attached hydrogens (tertiary/aromatic N) is 4. The van der Waals surface area contributed by atoms with Crippen LogP contribution in [0.1, 0.15) is 43.3 Å². The zero-order chi connectivity index (χ0) is 14.5. The van der Waals surface area contributed by atoms with Crippen LogP contribution >= 0.6 is 0 Å². The van der Waals surface area contributed by atoms with Crippen LogP contribution in [0.15, 0.2) is 18.5 Å². The summed E-state index contributed by atoms with van der Waals surface area (Å²) in [4.78, 5) is 0. The molecule has 2 heterocycles. The molecule has 0 bridgehead atoms. The maximum absolute atomic E-state index is 4.53. The topological polar surface area (TPSA) is 47.7 Å². The summed E-state index contributed by atoms with van der Waals surface area (Å²) in [7, 11) is 3.98. The SMILES string of the molecule is CCCNC(Cc1cc(CC)nn1C)c1cnn(C)c1. The lowest BCUT2D eigenvalue weighted by Crippen LogP contribution is -2.24. The molecular weight excluding hydrogens is 250 g/mol. The van der Waals surface area contributed by atoms with Crippen molar-refractivity contribution in [1.29, 1.82) is 0 Å². The van der Waals surface area contributed by atoms with Crippen LogP contribution < -0.4 is 5.32 Å². The second kappa shape index (κ2) is 6.70. The lowest BCUT2D eigenvalue weighted by atomic mass is 10.0. The minimum absolute atomic E-state index is 0.295. The van der Waals surface area contributed by atoms with Crippen LogP contribution in [0.25, 0.3) is 0 Å². The van der Waals surface area contributed by atoms with Gasteiger partial charge in [-0.3, -0.25) is 9.36 Å². The van der Waals surface area contributed by atoms with Crippen molar-refractivity contribution in [2.75, 3.05) is 6.54 Å². The Morgan fingerprint density at radius 1 is 1.30 bits per heavy atom. The highest BCUT2D eigenvalue weighted by Crippen LogP contribution is 2.18. The van der Waals surface area contributed by atoms with Gasteiger partial charge >= 0.3 is 0 Å². The normalized spacial score (nSPS) is 12.8. The Labute approximate surface area is 121 Å². The Kier molecular flexibility index (Phi) is 4.95. The van der Waals surface area contributed by atoms with E-state index < -0.39 is 0 Å². The van der Waals surface area contributed by atoms with Gasteiger partial charge in [0.2, 0.25) is 0 Å². The van der Waals surface area contributed by atoms with Gasteiger partial charge in [-0.25, -0.2) is 0 Å². The van der Waals surface area contributed by atoms with Crippen molar-refractivity contribution in [3.05, 3.63) is 35.4 Å². The van der Waals surface area contributed by atoms with Crippen LogP contribution in [0.2, 0.25) is 0 Å². The van der Waals surface area contributed by atoms with E-state index >= 15 is 0 Å². The molecule has 0 fully saturated rings. The molecule has 1 unspecified atom stereocenters. The molecular formula is C15H25N5. The minimum atomic E-state index is 0.295. The predicted octanol–water partition coefficient (Wildman–Crippen LogP) is 2.00. The van der Waals surface area contributed by atoms with Gasteiger partial charge in [0.25, 0.3) is 0 Å². The molecule has 5 heteroatoms. The molecule has 110 valence electrons. The molecule has 0 saturated heterocycles. The standard InChI is InChI=1S/C15H25N5/c1-5-7-16-15(12-10-17-19(3)11-12)9-14-8-13(6-2)18-20(14)4/h8,10-11,15-16H,5-7,9H2,1-4H3. The van der Waals surface area contributed by atoms with E-state index in [1.165, 1.54) is 11.3 Å². The first kappa shape index (κ1) is 14.8. The van der Waals surface area contributed by atoms with Crippen LogP contribution in [0.5, 0.6) is 0 Å². The van der Waals surface area contributed by atoms with E-state index in [-0.39, 0.29) is 0 Å². The third-order valence-electron chi connectivity index (χ3n) is 3.57. The zero-order valence-corrected chi connectivity index (χ0v) is 12.9. The van der Waals surface area contributed by atoms with Gasteiger partial charge in [0, 0.05) is 44.0 Å². The molecule has 1 N–H and O–H groups in total. The largest absolute Gasteiger partial charge is 0.310 e. The van der Waals surface area contributed by atoms with Gasteiger partial charge in [0.05, 0.1) is 11.9 Å². The van der Waals surface area contributed by atoms with Crippen molar-refractivity contribution in [1.82, 2.24) is 24.9 Å². The van der Waals surface area contributed by atoms with E-state index in [0.29, 0.717) is 6.04 Å². The zero-order valence-electron chi connectivity index (χ0n) is 12.9. The number of aromatic nitrogens is 4. The number of rotatable bonds is 7. The molecule has 2 rings (SSSR count). The molecule has 0 aliphatic carbocycles. The third-order valence-corrected chi connectivity index (χ3v) is 3.57. The summed E-state index contributed by atoms with van der Waals surface area (Å²) in [6.07, 6.45) is 7.08. The molecule has 20 heavy (non-hydrogen) atoms. The number of aryl methyl sites for hydroxylation is 3. The third kappa shape index (κ3) is 3.48. The fraction of sp³-hybridized carbons (Fsp3) is 0.600. The summed E-state index contributed by atoms with van der Waals surface area (Å²) < 4.78 is 3.85. The lowest BCUT2D eigenvalue weighted by Gasteiger charge is -2.17. The molecule has 0 saturated carbocycles. The monoisotopic (exact) mass is 275 g/mol. The Morgan fingerprint density at radius 2 is 2.10 bits per heavy atom. The fourth-order valence-corrected chi connectivity index (χ4v) is 2.39. The van der Waals surface area contributed by atoms with Crippen molar-refractivity contribution in [2.45, 2.75) is 39.2 Å². The van der Waals surface area contributed by atoms with E-state index in [2.05, 4.69) is 41.6 Å². The van der Waals surface area contributed by atoms with Crippen molar-refractivity contribution in [3.8, 4) is 0 Å². The van der Waals surface area contributed by atoms with Gasteiger partial charge < -0.3 is 5.32 Å². The molecule has 2 aromatic rings. The number of hydrogen-bond donors (Lipinski definition) is 1. The van der Waals surface area contributed by atoms with Gasteiger partial charge in [-0.05, 0) is 25.5 Å². The summed E-state index contributed by atoms with van der Waals surface area (Å²) in [6.45, 7) is 5.34. The Hall–Kier alpha value is -1.62. The summed E-state index contributed by atoms with van der Waals surface area (Å²) in [5.41, 5.74) is 3.66. The van der Waals surface area contributed by atoms with Gasteiger partial charge in [-0.15, -0.1) is 0 Å². The number of nitrogens with one attached hydrogen (secondary N) is 1. The Bertz CT molecular complexity index is 540. The van der Waals surface area contributed by atoms with E-state index in [1.807, 2.05) is 29.7 Å². The van der Waals surface area contributed by atoms with Crippen LogP contribution in [-0.4, -0.2) is 26.1 Å². The lowest BCUT2D eigenvalue weighted by molar-refractivity contribution is 0.512. The predicted molar refractivity (Wildman–Crippen MR) is 80.5 cm³/mol. The highest BCUT2D eigenvalue weighted by molar-refractivity contribution is 5.17. The average molecular weight is 275 g/mol. The Balaban J connectivity index is 2.16. The van der Waals surface area contributed by atoms with Gasteiger partial charge in [-0.2, -0.15) is 10.2 Å². The van der Waals surface area contributed by atoms with Crippen LogP contribution in [0.3, 0.4) is 0 Å². The maximum atomic E-state index is 4.53. The van der Waals surface area contributed by atoms with Crippen molar-refractivity contribution in [3.63, 3.8) is 0 Å². The van der Waals surface area contributed by atoms with E-state index in [4.69, 9.17) is 0 Å². The van der Waals surface area contributed by atoms with Crippen LogP contribution in [-0.2, 0) is 26.9 Å². The molecule has 5 nitrogen and oxygen atoms in total. The highest BCUT2D eigenvalue weighted by Gasteiger charge is 2.16. The fourth-order valence-electron chi connectivity index (χ4n) is 2.39. The summed E-state index contributed by atoms with van der Waals surface area (Å²) in [5.74, 6) is 0. The summed E-state index contributed by atoms with van der Waals surface area (Å²) in [5, 5.41) is 12.4. The molecule has 0 aromatic carbocycles. The molecule has 0 spiro atoms. The summed E-state index contributed by atoms with van der Waals surface area (Å²) in [6, 6.07) is 2.50. The van der Waals surface area contributed by atoms with Crippen LogP contribution in [0, 0.1) is 0 Å². The van der Waals surface area contributed by atoms with Crippen molar-refractivity contribution >= 4 is 0 Å². The first-order valence-corrected chi connectivity index (χ1v) is 7.37.